The number of halogens is 4. The summed E-state index contributed by atoms with van der Waals surface area (Å²) in [7, 11) is 0. The number of thiazole rings is 1. The number of aromatic carboxylic acids is 1. The Balaban J connectivity index is 1.88. The molecule has 0 saturated carbocycles. The number of carbonyl (C=O) groups is 1. The second-order valence-corrected chi connectivity index (χ2v) is 10.6. The van der Waals surface area contributed by atoms with Gasteiger partial charge < -0.3 is 5.11 Å². The number of rotatable bonds is 6. The number of nitrogens with zero attached hydrogens (tertiary/aromatic N) is 4. The fourth-order valence-electron chi connectivity index (χ4n) is 3.42. The molecule has 0 atom stereocenters. The van der Waals surface area contributed by atoms with E-state index >= 15 is 0 Å². The number of alkyl halides is 3. The monoisotopic (exact) mass is 522 g/mol. The number of aryl methyl sites for hydroxylation is 1. The molecule has 6 nitrogen and oxygen atoms in total. The number of benzene rings is 1. The zero-order valence-electron chi connectivity index (χ0n) is 18.6. The van der Waals surface area contributed by atoms with Gasteiger partial charge in [0.2, 0.25) is 5.13 Å². The van der Waals surface area contributed by atoms with Crippen molar-refractivity contribution in [3.05, 3.63) is 65.5 Å². The molecule has 0 unspecified atom stereocenters. The zero-order valence-corrected chi connectivity index (χ0v) is 20.2. The van der Waals surface area contributed by atoms with E-state index in [1.54, 1.807) is 13.0 Å². The smallest absolute Gasteiger partial charge is 0.433 e. The van der Waals surface area contributed by atoms with E-state index in [9.17, 15) is 27.5 Å². The van der Waals surface area contributed by atoms with Crippen LogP contribution >= 0.6 is 23.1 Å². The Bertz CT molecular complexity index is 1400. The summed E-state index contributed by atoms with van der Waals surface area (Å²) in [6, 6.07) is 7.70. The van der Waals surface area contributed by atoms with Crippen molar-refractivity contribution >= 4 is 29.1 Å². The second-order valence-electron chi connectivity index (χ2n) is 7.77. The normalized spacial score (nSPS) is 11.9. The molecular formula is C23H18F4N4O2S2. The molecule has 12 heteroatoms. The Labute approximate surface area is 205 Å². The van der Waals surface area contributed by atoms with Crippen molar-refractivity contribution in [3.63, 3.8) is 0 Å². The van der Waals surface area contributed by atoms with Crippen LogP contribution in [0.2, 0.25) is 0 Å². The Kier molecular flexibility index (Phi) is 6.69. The third kappa shape index (κ3) is 5.08. The minimum Gasteiger partial charge on any atom is -0.476 e. The summed E-state index contributed by atoms with van der Waals surface area (Å²) in [5.41, 5.74) is 0.482. The Morgan fingerprint density at radius 2 is 1.91 bits per heavy atom. The lowest BCUT2D eigenvalue weighted by atomic mass is 10.0. The lowest BCUT2D eigenvalue weighted by Crippen LogP contribution is -2.09. The number of hydrogen-bond donors (Lipinski definition) is 1. The van der Waals surface area contributed by atoms with Crippen LogP contribution in [0.5, 0.6) is 0 Å². The Morgan fingerprint density at radius 1 is 1.17 bits per heavy atom. The van der Waals surface area contributed by atoms with Gasteiger partial charge in [0.05, 0.1) is 15.6 Å². The molecule has 0 bridgehead atoms. The van der Waals surface area contributed by atoms with Crippen molar-refractivity contribution in [1.82, 2.24) is 19.7 Å². The SMILES string of the molecule is Cc1nn(-c2nc(-c3ccc(C(F)(F)F)nc3)c(SC(C)C)s2)c(C(=O)O)c1-c1cccc(F)c1. The van der Waals surface area contributed by atoms with Gasteiger partial charge in [0.15, 0.2) is 5.69 Å². The Hall–Kier alpha value is -3.25. The predicted octanol–water partition coefficient (Wildman–Crippen LogP) is 6.72. The third-order valence-electron chi connectivity index (χ3n) is 4.81. The van der Waals surface area contributed by atoms with Crippen LogP contribution in [0, 0.1) is 12.7 Å². The Morgan fingerprint density at radius 3 is 2.49 bits per heavy atom. The largest absolute Gasteiger partial charge is 0.476 e. The van der Waals surface area contributed by atoms with E-state index in [1.165, 1.54) is 40.7 Å². The molecule has 35 heavy (non-hydrogen) atoms. The van der Waals surface area contributed by atoms with Crippen LogP contribution in [0.25, 0.3) is 27.5 Å². The van der Waals surface area contributed by atoms with Gasteiger partial charge in [0, 0.05) is 22.6 Å². The van der Waals surface area contributed by atoms with E-state index in [-0.39, 0.29) is 21.6 Å². The van der Waals surface area contributed by atoms with Gasteiger partial charge >= 0.3 is 12.1 Å². The topological polar surface area (TPSA) is 80.9 Å². The lowest BCUT2D eigenvalue weighted by molar-refractivity contribution is -0.141. The first-order valence-corrected chi connectivity index (χ1v) is 12.0. The van der Waals surface area contributed by atoms with Crippen LogP contribution in [0.4, 0.5) is 17.6 Å². The van der Waals surface area contributed by atoms with Crippen LogP contribution in [0.15, 0.2) is 46.8 Å². The first kappa shape index (κ1) is 24.9. The summed E-state index contributed by atoms with van der Waals surface area (Å²) < 4.78 is 54.6. The van der Waals surface area contributed by atoms with E-state index in [0.717, 1.165) is 23.6 Å². The minimum atomic E-state index is -4.57. The molecule has 0 spiro atoms. The van der Waals surface area contributed by atoms with Crippen molar-refractivity contribution in [3.8, 4) is 27.5 Å². The molecule has 0 aliphatic heterocycles. The van der Waals surface area contributed by atoms with Crippen LogP contribution in [-0.2, 0) is 6.18 Å². The number of thioether (sulfide) groups is 1. The van der Waals surface area contributed by atoms with Crippen molar-refractivity contribution in [2.75, 3.05) is 0 Å². The van der Waals surface area contributed by atoms with Gasteiger partial charge in [-0.2, -0.15) is 23.0 Å². The second kappa shape index (κ2) is 9.42. The molecule has 0 aliphatic rings. The van der Waals surface area contributed by atoms with Crippen LogP contribution < -0.4 is 0 Å². The fraction of sp³-hybridized carbons (Fsp3) is 0.217. The third-order valence-corrected chi connectivity index (χ3v) is 7.06. The zero-order chi connectivity index (χ0) is 25.5. The number of pyridine rings is 1. The molecule has 182 valence electrons. The molecule has 0 radical (unpaired) electrons. The molecule has 1 N–H and O–H groups in total. The highest BCUT2D eigenvalue weighted by atomic mass is 32.2. The highest BCUT2D eigenvalue weighted by Gasteiger charge is 2.32. The van der Waals surface area contributed by atoms with Crippen molar-refractivity contribution < 1.29 is 27.5 Å². The standard InChI is InChI=1S/C23H18F4N4O2S2/c1-11(2)34-21-18(14-7-8-16(28-10-14)23(25,26)27)29-22(35-21)31-19(20(32)33)17(12(3)30-31)13-5-4-6-15(24)9-13/h4-11H,1-3H3,(H,32,33). The maximum absolute atomic E-state index is 13.9. The fourth-order valence-corrected chi connectivity index (χ4v) is 5.89. The molecular weight excluding hydrogens is 504 g/mol. The molecule has 0 aliphatic carbocycles. The number of hydrogen-bond acceptors (Lipinski definition) is 6. The average molecular weight is 523 g/mol. The van der Waals surface area contributed by atoms with E-state index < -0.39 is 23.7 Å². The molecule has 4 rings (SSSR count). The summed E-state index contributed by atoms with van der Waals surface area (Å²) in [6.07, 6.45) is -3.48. The molecule has 4 aromatic rings. The quantitative estimate of drug-likeness (QED) is 0.224. The van der Waals surface area contributed by atoms with Gasteiger partial charge in [-0.1, -0.05) is 37.3 Å². The summed E-state index contributed by atoms with van der Waals surface area (Å²) in [4.78, 5) is 20.3. The summed E-state index contributed by atoms with van der Waals surface area (Å²) in [5, 5.41) is 14.7. The van der Waals surface area contributed by atoms with Gasteiger partial charge in [-0.05, 0) is 36.8 Å². The van der Waals surface area contributed by atoms with Gasteiger partial charge in [-0.15, -0.1) is 11.8 Å². The lowest BCUT2D eigenvalue weighted by Gasteiger charge is -2.07. The highest BCUT2D eigenvalue weighted by Crippen LogP contribution is 2.41. The van der Waals surface area contributed by atoms with Gasteiger partial charge in [0.1, 0.15) is 11.5 Å². The summed E-state index contributed by atoms with van der Waals surface area (Å²) >= 11 is 2.60. The molecule has 3 aromatic heterocycles. The van der Waals surface area contributed by atoms with Gasteiger partial charge in [0.25, 0.3) is 0 Å². The average Bonchev–Trinajstić information content (AvgIpc) is 3.33. The molecule has 0 fully saturated rings. The highest BCUT2D eigenvalue weighted by molar-refractivity contribution is 8.01. The van der Waals surface area contributed by atoms with Crippen molar-refractivity contribution in [1.29, 1.82) is 0 Å². The van der Waals surface area contributed by atoms with Gasteiger partial charge in [-0.3, -0.25) is 4.98 Å². The molecule has 1 aromatic carbocycles. The van der Waals surface area contributed by atoms with Crippen LogP contribution in [-0.4, -0.2) is 36.1 Å². The minimum absolute atomic E-state index is 0.116. The first-order valence-electron chi connectivity index (χ1n) is 10.3. The molecule has 3 heterocycles. The number of carboxylic acid groups (broad SMARTS) is 1. The number of carboxylic acids is 1. The van der Waals surface area contributed by atoms with Crippen LogP contribution in [0.1, 0.15) is 35.7 Å². The van der Waals surface area contributed by atoms with Crippen molar-refractivity contribution in [2.24, 2.45) is 0 Å². The molecule has 0 saturated heterocycles. The van der Waals surface area contributed by atoms with Crippen LogP contribution in [0.3, 0.4) is 0 Å². The van der Waals surface area contributed by atoms with E-state index in [0.29, 0.717) is 26.7 Å². The van der Waals surface area contributed by atoms with E-state index in [4.69, 9.17) is 0 Å². The summed E-state index contributed by atoms with van der Waals surface area (Å²) in [5.74, 6) is -1.80. The maximum Gasteiger partial charge on any atom is 0.433 e. The van der Waals surface area contributed by atoms with Crippen molar-refractivity contribution in [2.45, 2.75) is 36.4 Å². The maximum atomic E-state index is 13.9. The molecule has 0 amide bonds. The summed E-state index contributed by atoms with van der Waals surface area (Å²) in [6.45, 7) is 5.50. The van der Waals surface area contributed by atoms with E-state index in [2.05, 4.69) is 15.1 Å². The van der Waals surface area contributed by atoms with Gasteiger partial charge in [-0.25, -0.2) is 14.2 Å². The van der Waals surface area contributed by atoms with E-state index in [1.807, 2.05) is 13.8 Å². The predicted molar refractivity (Wildman–Crippen MR) is 126 cm³/mol. The first-order chi connectivity index (χ1) is 16.5. The number of aromatic nitrogens is 4.